The van der Waals surface area contributed by atoms with Crippen molar-refractivity contribution >= 4 is 29.3 Å². The molecule has 1 fully saturated rings. The van der Waals surface area contributed by atoms with Crippen LogP contribution in [-0.4, -0.2) is 62.6 Å². The molecule has 1 aromatic carbocycles. The molecule has 0 saturated carbocycles. The van der Waals surface area contributed by atoms with Crippen molar-refractivity contribution in [2.75, 3.05) is 13.1 Å². The normalized spacial score (nSPS) is 21.6. The first kappa shape index (κ1) is 34.0. The molecule has 1 unspecified atom stereocenters. The number of amides is 2. The zero-order chi connectivity index (χ0) is 34.1. The largest absolute Gasteiger partial charge is 0.506 e. The summed E-state index contributed by atoms with van der Waals surface area (Å²) < 4.78 is 93.8. The van der Waals surface area contributed by atoms with Crippen molar-refractivity contribution in [2.45, 2.75) is 69.3 Å². The van der Waals surface area contributed by atoms with Crippen LogP contribution in [0, 0.1) is 0 Å². The smallest absolute Gasteiger partial charge is 0.474 e. The van der Waals surface area contributed by atoms with Crippen LogP contribution in [0.15, 0.2) is 54.0 Å². The average Bonchev–Trinajstić information content (AvgIpc) is 3.50. The van der Waals surface area contributed by atoms with Gasteiger partial charge in [-0.15, -0.1) is 11.3 Å². The van der Waals surface area contributed by atoms with E-state index in [0.29, 0.717) is 35.0 Å². The third kappa shape index (κ3) is 6.87. The van der Waals surface area contributed by atoms with Crippen molar-refractivity contribution in [1.29, 1.82) is 0 Å². The number of carbonyl (C=O) groups excluding carboxylic acids is 2. The first-order chi connectivity index (χ1) is 22.2. The predicted octanol–water partition coefficient (Wildman–Crippen LogP) is 7.18. The highest BCUT2D eigenvalue weighted by molar-refractivity contribution is 7.10. The summed E-state index contributed by atoms with van der Waals surface area (Å²) in [4.78, 5) is 45.3. The van der Waals surface area contributed by atoms with E-state index in [4.69, 9.17) is 9.47 Å². The lowest BCUT2D eigenvalue weighted by Crippen LogP contribution is -2.68. The van der Waals surface area contributed by atoms with Crippen LogP contribution < -0.4 is 4.74 Å². The number of alkyl halides is 6. The molecule has 9 nitrogen and oxygen atoms in total. The number of ether oxygens (including phenoxy) is 2. The summed E-state index contributed by atoms with van der Waals surface area (Å²) in [6.07, 6.45) is -11.0. The first-order valence-electron chi connectivity index (χ1n) is 14.6. The molecular formula is C31H29F6N3O6S. The van der Waals surface area contributed by atoms with E-state index in [1.807, 2.05) is 0 Å². The van der Waals surface area contributed by atoms with E-state index in [9.17, 15) is 45.8 Å². The molecule has 3 aromatic rings. The summed E-state index contributed by atoms with van der Waals surface area (Å²) in [5.74, 6) is -2.20. The maximum atomic E-state index is 14.8. The van der Waals surface area contributed by atoms with Crippen LogP contribution in [0.5, 0.6) is 5.75 Å². The number of fused-ring (bicyclic) bond motifs is 1. The van der Waals surface area contributed by atoms with Gasteiger partial charge in [0.2, 0.25) is 5.60 Å². The fourth-order valence-electron chi connectivity index (χ4n) is 6.28. The first-order valence-corrected chi connectivity index (χ1v) is 15.5. The molecule has 0 spiro atoms. The minimum atomic E-state index is -4.93. The predicted molar refractivity (Wildman–Crippen MR) is 155 cm³/mol. The molecule has 2 aromatic heterocycles. The van der Waals surface area contributed by atoms with Gasteiger partial charge in [0, 0.05) is 37.2 Å². The Hall–Kier alpha value is -4.34. The third-order valence-corrected chi connectivity index (χ3v) is 9.15. The number of benzene rings is 1. The molecule has 2 aliphatic heterocycles. The molecule has 2 aliphatic rings. The second-order valence-electron chi connectivity index (χ2n) is 11.2. The maximum Gasteiger partial charge on any atom is 0.506 e. The van der Waals surface area contributed by atoms with Crippen LogP contribution >= 0.6 is 11.3 Å². The Morgan fingerprint density at radius 2 is 1.83 bits per heavy atom. The molecule has 1 saturated heterocycles. The zero-order valence-corrected chi connectivity index (χ0v) is 25.6. The van der Waals surface area contributed by atoms with Crippen LogP contribution in [0.25, 0.3) is 0 Å². The van der Waals surface area contributed by atoms with Gasteiger partial charge in [0.25, 0.3) is 11.8 Å². The van der Waals surface area contributed by atoms with Gasteiger partial charge < -0.3 is 24.4 Å². The van der Waals surface area contributed by atoms with Gasteiger partial charge in [0.15, 0.2) is 0 Å². The molecule has 0 radical (unpaired) electrons. The molecule has 2 amide bonds. The van der Waals surface area contributed by atoms with Crippen molar-refractivity contribution in [3.8, 4) is 5.75 Å². The van der Waals surface area contributed by atoms with E-state index in [1.165, 1.54) is 4.90 Å². The number of rotatable bonds is 7. The summed E-state index contributed by atoms with van der Waals surface area (Å²) in [6, 6.07) is 7.89. The quantitative estimate of drug-likeness (QED) is 0.207. The van der Waals surface area contributed by atoms with Crippen LogP contribution in [-0.2, 0) is 28.4 Å². The second kappa shape index (κ2) is 13.0. The minimum Gasteiger partial charge on any atom is -0.474 e. The Labute approximate surface area is 268 Å². The lowest BCUT2D eigenvalue weighted by molar-refractivity contribution is -0.162. The van der Waals surface area contributed by atoms with Crippen molar-refractivity contribution in [1.82, 2.24) is 14.8 Å². The molecule has 5 rings (SSSR count). The summed E-state index contributed by atoms with van der Waals surface area (Å²) in [6.45, 7) is 1.30. The summed E-state index contributed by atoms with van der Waals surface area (Å²) in [5, 5.41) is 10.5. The molecule has 1 N–H and O–H groups in total. The molecule has 4 heterocycles. The number of thiophene rings is 1. The highest BCUT2D eigenvalue weighted by Gasteiger charge is 2.56. The Kier molecular flexibility index (Phi) is 9.44. The second-order valence-corrected chi connectivity index (χ2v) is 12.1. The Bertz CT molecular complexity index is 1650. The highest BCUT2D eigenvalue weighted by atomic mass is 32.1. The van der Waals surface area contributed by atoms with E-state index in [-0.39, 0.29) is 44.6 Å². The maximum absolute atomic E-state index is 14.8. The topological polar surface area (TPSA) is 109 Å². The number of likely N-dealkylation sites (tertiary alicyclic amines) is 1. The summed E-state index contributed by atoms with van der Waals surface area (Å²) in [5.41, 5.74) is -3.18. The van der Waals surface area contributed by atoms with Gasteiger partial charge in [0.05, 0.1) is 18.2 Å². The number of halogens is 6. The lowest BCUT2D eigenvalue weighted by atomic mass is 9.79. The van der Waals surface area contributed by atoms with E-state index in [1.54, 1.807) is 31.2 Å². The van der Waals surface area contributed by atoms with Gasteiger partial charge >= 0.3 is 18.5 Å². The highest BCUT2D eigenvalue weighted by Crippen LogP contribution is 2.43. The van der Waals surface area contributed by atoms with E-state index < -0.39 is 64.2 Å². The Balaban J connectivity index is 1.62. The van der Waals surface area contributed by atoms with Gasteiger partial charge in [-0.05, 0) is 36.1 Å². The molecule has 252 valence electrons. The number of nitrogens with zero attached hydrogens (tertiary/aromatic N) is 3. The summed E-state index contributed by atoms with van der Waals surface area (Å²) >= 11 is 0.337. The minimum absolute atomic E-state index is 0.0292. The summed E-state index contributed by atoms with van der Waals surface area (Å²) in [7, 11) is 0. The Morgan fingerprint density at radius 1 is 1.09 bits per heavy atom. The number of carbonyl (C=O) groups is 3. The lowest BCUT2D eigenvalue weighted by Gasteiger charge is -2.50. The third-order valence-electron chi connectivity index (χ3n) is 8.20. The fraction of sp³-hybridized carbons (Fsp3) is 0.419. The number of carboxylic acid groups (broad SMARTS) is 1. The monoisotopic (exact) mass is 685 g/mol. The number of hydrogen-bond acceptors (Lipinski definition) is 7. The molecule has 16 heteroatoms. The molecular weight excluding hydrogens is 656 g/mol. The van der Waals surface area contributed by atoms with Gasteiger partial charge in [-0.2, -0.15) is 26.3 Å². The average molecular weight is 686 g/mol. The van der Waals surface area contributed by atoms with Crippen molar-refractivity contribution in [3.63, 3.8) is 0 Å². The number of pyridine rings is 1. The Morgan fingerprint density at radius 3 is 2.49 bits per heavy atom. The van der Waals surface area contributed by atoms with Gasteiger partial charge in [-0.1, -0.05) is 37.6 Å². The van der Waals surface area contributed by atoms with Gasteiger partial charge in [0.1, 0.15) is 22.4 Å². The standard InChI is InChI=1S/C31H29F6N3O6S/c1-2-7-23-29(46-19-14-24(47-17-19)31(35,36)37,11-6-13-40(23)26(41)25-21(30(32,33)34)10-5-12-38-25)27(42)39-15-18-8-3-4-9-20(18)22(16-39)45-28(43)44/h3-5,8-10,12,14,17,22-23H,2,6-7,11,13,15-16H2,1H3,(H,43,44)/t22?,23-,29+/m1/s1. The van der Waals surface area contributed by atoms with Gasteiger partial charge in [-0.3, -0.25) is 14.6 Å². The zero-order valence-electron chi connectivity index (χ0n) is 24.8. The van der Waals surface area contributed by atoms with Crippen LogP contribution in [0.4, 0.5) is 31.1 Å². The van der Waals surface area contributed by atoms with Crippen LogP contribution in [0.3, 0.4) is 0 Å². The van der Waals surface area contributed by atoms with Crippen LogP contribution in [0.2, 0.25) is 0 Å². The fourth-order valence-corrected chi connectivity index (χ4v) is 6.96. The van der Waals surface area contributed by atoms with Gasteiger partial charge in [-0.25, -0.2) is 4.79 Å². The van der Waals surface area contributed by atoms with E-state index in [2.05, 4.69) is 4.98 Å². The molecule has 0 bridgehead atoms. The molecule has 3 atom stereocenters. The van der Waals surface area contributed by atoms with Crippen molar-refractivity contribution in [3.05, 3.63) is 81.3 Å². The van der Waals surface area contributed by atoms with Crippen molar-refractivity contribution < 1.29 is 55.3 Å². The van der Waals surface area contributed by atoms with E-state index >= 15 is 0 Å². The number of piperidine rings is 1. The molecule has 47 heavy (non-hydrogen) atoms. The molecule has 0 aliphatic carbocycles. The van der Waals surface area contributed by atoms with Crippen LogP contribution in [0.1, 0.15) is 70.8 Å². The SMILES string of the molecule is CCC[C@H]1N(C(=O)c2ncccc2C(F)(F)F)CCC[C@@]1(Oc1csc(C(F)(F)F)c1)C(=O)N1Cc2ccccc2C(OC(=O)O)C1. The van der Waals surface area contributed by atoms with Crippen molar-refractivity contribution in [2.24, 2.45) is 0 Å². The number of hydrogen-bond donors (Lipinski definition) is 1. The number of aromatic nitrogens is 1. The van der Waals surface area contributed by atoms with E-state index in [0.717, 1.165) is 28.6 Å².